The van der Waals surface area contributed by atoms with E-state index in [-0.39, 0.29) is 28.2 Å². The Morgan fingerprint density at radius 1 is 1.16 bits per heavy atom. The van der Waals surface area contributed by atoms with Crippen LogP contribution in [0.25, 0.3) is 21.6 Å². The van der Waals surface area contributed by atoms with E-state index in [0.717, 1.165) is 11.3 Å². The van der Waals surface area contributed by atoms with Gasteiger partial charge in [-0.25, -0.2) is 4.39 Å². The molecule has 1 heterocycles. The molecule has 2 aromatic carbocycles. The summed E-state index contributed by atoms with van der Waals surface area (Å²) in [6, 6.07) is 13.7. The van der Waals surface area contributed by atoms with Gasteiger partial charge in [-0.05, 0) is 11.6 Å². The SMILES string of the molecule is COc1cccc(-c2sc(N)c(C(=O)C=O)c2-c2ccccc2)c1F. The van der Waals surface area contributed by atoms with Crippen LogP contribution in [0.3, 0.4) is 0 Å². The quantitative estimate of drug-likeness (QED) is 0.423. The molecule has 1 aromatic heterocycles. The Hall–Kier alpha value is -2.99. The molecule has 0 saturated heterocycles. The smallest absolute Gasteiger partial charge is 0.228 e. The fourth-order valence-electron chi connectivity index (χ4n) is 2.67. The van der Waals surface area contributed by atoms with Crippen molar-refractivity contribution in [3.63, 3.8) is 0 Å². The Balaban J connectivity index is 2.36. The first-order valence-corrected chi connectivity index (χ1v) is 8.20. The van der Waals surface area contributed by atoms with E-state index in [1.54, 1.807) is 36.4 Å². The van der Waals surface area contributed by atoms with Crippen molar-refractivity contribution in [2.75, 3.05) is 12.8 Å². The number of hydrogen-bond donors (Lipinski definition) is 1. The number of carbonyl (C=O) groups excluding carboxylic acids is 2. The van der Waals surface area contributed by atoms with Crippen LogP contribution in [0.4, 0.5) is 9.39 Å². The Morgan fingerprint density at radius 2 is 1.88 bits per heavy atom. The van der Waals surface area contributed by atoms with Crippen LogP contribution in [0.15, 0.2) is 48.5 Å². The molecule has 0 aliphatic carbocycles. The van der Waals surface area contributed by atoms with Gasteiger partial charge in [-0.3, -0.25) is 9.59 Å². The highest BCUT2D eigenvalue weighted by Gasteiger charge is 2.26. The van der Waals surface area contributed by atoms with Gasteiger partial charge in [0.05, 0.1) is 17.7 Å². The number of aldehydes is 1. The average molecular weight is 355 g/mol. The maximum Gasteiger partial charge on any atom is 0.228 e. The Labute approximate surface area is 147 Å². The molecule has 0 bridgehead atoms. The zero-order valence-corrected chi connectivity index (χ0v) is 14.1. The molecule has 2 N–H and O–H groups in total. The summed E-state index contributed by atoms with van der Waals surface area (Å²) in [6.07, 6.45) is 0.219. The van der Waals surface area contributed by atoms with Gasteiger partial charge in [0.2, 0.25) is 5.78 Å². The summed E-state index contributed by atoms with van der Waals surface area (Å²) < 4.78 is 19.8. The van der Waals surface area contributed by atoms with Crippen LogP contribution >= 0.6 is 11.3 Å². The molecule has 0 unspecified atom stereocenters. The maximum absolute atomic E-state index is 14.8. The van der Waals surface area contributed by atoms with Gasteiger partial charge in [0, 0.05) is 16.0 Å². The molecule has 0 fully saturated rings. The number of methoxy groups -OCH3 is 1. The van der Waals surface area contributed by atoms with Gasteiger partial charge < -0.3 is 10.5 Å². The molecular formula is C19H14FNO3S. The van der Waals surface area contributed by atoms with E-state index < -0.39 is 11.6 Å². The second-order valence-corrected chi connectivity index (χ2v) is 6.27. The zero-order chi connectivity index (χ0) is 18.0. The summed E-state index contributed by atoms with van der Waals surface area (Å²) in [5, 5.41) is 0.174. The number of anilines is 1. The summed E-state index contributed by atoms with van der Waals surface area (Å²) in [5.74, 6) is -1.19. The molecule has 126 valence electrons. The molecule has 0 spiro atoms. The number of thiophene rings is 1. The third-order valence-corrected chi connectivity index (χ3v) is 4.83. The second kappa shape index (κ2) is 6.86. The van der Waals surface area contributed by atoms with E-state index in [1.807, 2.05) is 6.07 Å². The van der Waals surface area contributed by atoms with Gasteiger partial charge in [0.25, 0.3) is 0 Å². The third-order valence-electron chi connectivity index (χ3n) is 3.78. The molecule has 3 aromatic rings. The van der Waals surface area contributed by atoms with E-state index in [1.165, 1.54) is 13.2 Å². The molecule has 6 heteroatoms. The summed E-state index contributed by atoms with van der Waals surface area (Å²) >= 11 is 1.07. The fourth-order valence-corrected chi connectivity index (χ4v) is 3.78. The van der Waals surface area contributed by atoms with E-state index in [4.69, 9.17) is 10.5 Å². The number of rotatable bonds is 5. The molecule has 4 nitrogen and oxygen atoms in total. The maximum atomic E-state index is 14.8. The summed E-state index contributed by atoms with van der Waals surface area (Å²) in [7, 11) is 1.38. The number of nitrogens with two attached hydrogens (primary N) is 1. The Kier molecular flexibility index (Phi) is 4.63. The topological polar surface area (TPSA) is 69.4 Å². The predicted molar refractivity (Wildman–Crippen MR) is 96.5 cm³/mol. The highest BCUT2D eigenvalue weighted by atomic mass is 32.1. The van der Waals surface area contributed by atoms with Crippen molar-refractivity contribution in [2.24, 2.45) is 0 Å². The molecule has 0 aliphatic rings. The third kappa shape index (κ3) is 2.92. The normalized spacial score (nSPS) is 10.5. The number of carbonyl (C=O) groups is 2. The van der Waals surface area contributed by atoms with Gasteiger partial charge in [-0.15, -0.1) is 11.3 Å². The summed E-state index contributed by atoms with van der Waals surface area (Å²) in [6.45, 7) is 0. The molecule has 0 radical (unpaired) electrons. The molecule has 0 aliphatic heterocycles. The predicted octanol–water partition coefficient (Wildman–Crippen LogP) is 4.19. The van der Waals surface area contributed by atoms with Gasteiger partial charge >= 0.3 is 0 Å². The van der Waals surface area contributed by atoms with Crippen LogP contribution in [0.5, 0.6) is 5.75 Å². The summed E-state index contributed by atoms with van der Waals surface area (Å²) in [4.78, 5) is 23.7. The molecule has 0 saturated carbocycles. The number of ether oxygens (including phenoxy) is 1. The van der Waals surface area contributed by atoms with E-state index in [9.17, 15) is 14.0 Å². The van der Waals surface area contributed by atoms with Crippen molar-refractivity contribution in [2.45, 2.75) is 0 Å². The number of nitrogen functional groups attached to an aromatic ring is 1. The molecule has 25 heavy (non-hydrogen) atoms. The largest absolute Gasteiger partial charge is 0.494 e. The second-order valence-electron chi connectivity index (χ2n) is 5.22. The number of ketones is 1. The first kappa shape index (κ1) is 16.9. The van der Waals surface area contributed by atoms with Crippen LogP contribution in [0.2, 0.25) is 0 Å². The van der Waals surface area contributed by atoms with Gasteiger partial charge in [-0.1, -0.05) is 42.5 Å². The van der Waals surface area contributed by atoms with Gasteiger partial charge in [0.15, 0.2) is 17.9 Å². The average Bonchev–Trinajstić information content (AvgIpc) is 2.99. The molecular weight excluding hydrogens is 341 g/mol. The van der Waals surface area contributed by atoms with E-state index in [0.29, 0.717) is 16.0 Å². The lowest BCUT2D eigenvalue weighted by Gasteiger charge is -2.09. The van der Waals surface area contributed by atoms with Crippen LogP contribution in [-0.2, 0) is 4.79 Å². The number of benzene rings is 2. The van der Waals surface area contributed by atoms with E-state index >= 15 is 0 Å². The van der Waals surface area contributed by atoms with Crippen molar-refractivity contribution >= 4 is 28.4 Å². The monoisotopic (exact) mass is 355 g/mol. The molecule has 3 rings (SSSR count). The lowest BCUT2D eigenvalue weighted by Crippen LogP contribution is -2.03. The number of Topliss-reactive ketones (excluding diaryl/α,β-unsaturated/α-hetero) is 1. The molecule has 0 amide bonds. The number of hydrogen-bond acceptors (Lipinski definition) is 5. The minimum absolute atomic E-state index is 0.0896. The minimum atomic E-state index is -0.734. The van der Waals surface area contributed by atoms with Crippen LogP contribution < -0.4 is 10.5 Å². The standard InChI is InChI=1S/C19H14FNO3S/c1-24-14-9-5-8-12(17(14)20)18-15(11-6-3-2-4-7-11)16(13(23)10-22)19(21)25-18/h2-10H,21H2,1H3. The minimum Gasteiger partial charge on any atom is -0.494 e. The van der Waals surface area contributed by atoms with E-state index in [2.05, 4.69) is 0 Å². The van der Waals surface area contributed by atoms with Crippen molar-refractivity contribution in [3.05, 3.63) is 59.9 Å². The van der Waals surface area contributed by atoms with Crippen molar-refractivity contribution in [3.8, 4) is 27.3 Å². The number of halogens is 1. The fraction of sp³-hybridized carbons (Fsp3) is 0.0526. The van der Waals surface area contributed by atoms with Crippen LogP contribution in [0, 0.1) is 5.82 Å². The lowest BCUT2D eigenvalue weighted by atomic mass is 9.96. The van der Waals surface area contributed by atoms with Crippen molar-refractivity contribution in [1.29, 1.82) is 0 Å². The van der Waals surface area contributed by atoms with Gasteiger partial charge in [-0.2, -0.15) is 0 Å². The van der Waals surface area contributed by atoms with Crippen LogP contribution in [0.1, 0.15) is 10.4 Å². The van der Waals surface area contributed by atoms with Crippen molar-refractivity contribution in [1.82, 2.24) is 0 Å². The summed E-state index contributed by atoms with van der Waals surface area (Å²) in [5.41, 5.74) is 7.49. The highest BCUT2D eigenvalue weighted by Crippen LogP contribution is 2.46. The lowest BCUT2D eigenvalue weighted by molar-refractivity contribution is -0.104. The van der Waals surface area contributed by atoms with Gasteiger partial charge in [0.1, 0.15) is 0 Å². The zero-order valence-electron chi connectivity index (χ0n) is 13.3. The first-order valence-electron chi connectivity index (χ1n) is 7.38. The Bertz CT molecular complexity index is 951. The highest BCUT2D eigenvalue weighted by molar-refractivity contribution is 7.20. The Morgan fingerprint density at radius 3 is 2.52 bits per heavy atom. The van der Waals surface area contributed by atoms with Crippen LogP contribution in [-0.4, -0.2) is 19.2 Å². The van der Waals surface area contributed by atoms with Crippen molar-refractivity contribution < 1.29 is 18.7 Å². The molecule has 0 atom stereocenters. The first-order chi connectivity index (χ1) is 12.1.